The first-order chi connectivity index (χ1) is 16.8. The summed E-state index contributed by atoms with van der Waals surface area (Å²) in [6.07, 6.45) is 0. The Kier molecular flexibility index (Phi) is 4.00. The van der Waals surface area contributed by atoms with Crippen LogP contribution in [0.5, 0.6) is 0 Å². The first-order valence-corrected chi connectivity index (χ1v) is 11.3. The van der Waals surface area contributed by atoms with Gasteiger partial charge in [-0.25, -0.2) is 4.79 Å². The van der Waals surface area contributed by atoms with E-state index in [1.807, 2.05) is 42.5 Å². The highest BCUT2D eigenvalue weighted by Crippen LogP contribution is 2.38. The predicted molar refractivity (Wildman–Crippen MR) is 140 cm³/mol. The van der Waals surface area contributed by atoms with E-state index in [-0.39, 0.29) is 5.63 Å². The highest BCUT2D eigenvalue weighted by atomic mass is 16.4. The van der Waals surface area contributed by atoms with Crippen molar-refractivity contribution < 1.29 is 4.42 Å². The Morgan fingerprint density at radius 1 is 0.529 bits per heavy atom. The Balaban J connectivity index is 1.63. The predicted octanol–water partition coefficient (Wildman–Crippen LogP) is 7.71. The highest BCUT2D eigenvalue weighted by molar-refractivity contribution is 6.14. The Bertz CT molecular complexity index is 1930. The van der Waals surface area contributed by atoms with Crippen molar-refractivity contribution in [3.63, 3.8) is 0 Å². The summed E-state index contributed by atoms with van der Waals surface area (Å²) in [6.45, 7) is 0. The highest BCUT2D eigenvalue weighted by Gasteiger charge is 2.17. The van der Waals surface area contributed by atoms with Crippen LogP contribution in [-0.2, 0) is 0 Å². The Morgan fingerprint density at radius 2 is 1.24 bits per heavy atom. The minimum atomic E-state index is -0.310. The molecule has 0 saturated carbocycles. The second kappa shape index (κ2) is 7.19. The maximum absolute atomic E-state index is 12.6. The van der Waals surface area contributed by atoms with Crippen LogP contribution >= 0.6 is 0 Å². The van der Waals surface area contributed by atoms with Crippen LogP contribution in [0, 0.1) is 0 Å². The summed E-state index contributed by atoms with van der Waals surface area (Å²) in [5.41, 5.74) is 5.89. The van der Waals surface area contributed by atoms with E-state index in [9.17, 15) is 4.79 Å². The van der Waals surface area contributed by atoms with Crippen LogP contribution in [0.2, 0.25) is 0 Å². The van der Waals surface area contributed by atoms with Crippen LogP contribution in [0.15, 0.2) is 124 Å². The van der Waals surface area contributed by atoms with E-state index < -0.39 is 0 Å². The van der Waals surface area contributed by atoms with Gasteiger partial charge in [-0.3, -0.25) is 0 Å². The average Bonchev–Trinajstić information content (AvgIpc) is 3.22. The van der Waals surface area contributed by atoms with Crippen LogP contribution in [-0.4, -0.2) is 4.57 Å². The number of nitrogens with zero attached hydrogens (tertiary/aromatic N) is 1. The van der Waals surface area contributed by atoms with Crippen molar-refractivity contribution in [2.45, 2.75) is 0 Å². The molecule has 0 aliphatic heterocycles. The molecule has 0 aliphatic carbocycles. The zero-order valence-electron chi connectivity index (χ0n) is 18.2. The zero-order valence-corrected chi connectivity index (χ0v) is 18.2. The van der Waals surface area contributed by atoms with E-state index >= 15 is 0 Å². The van der Waals surface area contributed by atoms with E-state index in [0.717, 1.165) is 27.5 Å². The molecule has 0 atom stereocenters. The first kappa shape index (κ1) is 18.9. The van der Waals surface area contributed by atoms with Crippen molar-refractivity contribution in [1.82, 2.24) is 4.57 Å². The maximum atomic E-state index is 12.6. The third-order valence-electron chi connectivity index (χ3n) is 6.64. The fourth-order valence-corrected chi connectivity index (χ4v) is 5.14. The van der Waals surface area contributed by atoms with Crippen molar-refractivity contribution in [1.29, 1.82) is 0 Å². The molecule has 0 spiro atoms. The summed E-state index contributed by atoms with van der Waals surface area (Å²) in [4.78, 5) is 12.6. The SMILES string of the molecule is O=c1oc2cccc(-n3c4ccccc4c4cc(-c5ccccc5)ccc43)c2c2ccccc12. The molecule has 0 bridgehead atoms. The number of fused-ring (bicyclic) bond motifs is 6. The second-order valence-corrected chi connectivity index (χ2v) is 8.54. The molecule has 0 unspecified atom stereocenters. The lowest BCUT2D eigenvalue weighted by Crippen LogP contribution is -2.02. The molecule has 0 amide bonds. The van der Waals surface area contributed by atoms with E-state index in [1.54, 1.807) is 0 Å². The molecule has 34 heavy (non-hydrogen) atoms. The fraction of sp³-hybridized carbons (Fsp3) is 0. The van der Waals surface area contributed by atoms with Gasteiger partial charge in [0, 0.05) is 21.5 Å². The van der Waals surface area contributed by atoms with Crippen LogP contribution < -0.4 is 5.63 Å². The van der Waals surface area contributed by atoms with Crippen molar-refractivity contribution >= 4 is 43.5 Å². The van der Waals surface area contributed by atoms with E-state index in [2.05, 4.69) is 77.4 Å². The third-order valence-corrected chi connectivity index (χ3v) is 6.64. The lowest BCUT2D eigenvalue weighted by Gasteiger charge is -2.13. The first-order valence-electron chi connectivity index (χ1n) is 11.3. The largest absolute Gasteiger partial charge is 0.422 e. The van der Waals surface area contributed by atoms with Gasteiger partial charge < -0.3 is 8.98 Å². The minimum Gasteiger partial charge on any atom is -0.422 e. The summed E-state index contributed by atoms with van der Waals surface area (Å²) in [5, 5.41) is 4.81. The summed E-state index contributed by atoms with van der Waals surface area (Å²) in [5.74, 6) is 0. The van der Waals surface area contributed by atoms with Gasteiger partial charge in [0.25, 0.3) is 0 Å². The molecule has 7 rings (SSSR count). The van der Waals surface area contributed by atoms with Crippen LogP contribution in [0.4, 0.5) is 0 Å². The molecule has 0 aliphatic rings. The van der Waals surface area contributed by atoms with Crippen LogP contribution in [0.3, 0.4) is 0 Å². The maximum Gasteiger partial charge on any atom is 0.344 e. The zero-order chi connectivity index (χ0) is 22.6. The lowest BCUT2D eigenvalue weighted by molar-refractivity contribution is 0.569. The average molecular weight is 437 g/mol. The van der Waals surface area contributed by atoms with Crippen molar-refractivity contribution in [2.24, 2.45) is 0 Å². The smallest absolute Gasteiger partial charge is 0.344 e. The molecule has 2 heterocycles. The van der Waals surface area contributed by atoms with Gasteiger partial charge in [0.15, 0.2) is 0 Å². The molecule has 2 aromatic heterocycles. The van der Waals surface area contributed by atoms with Gasteiger partial charge in [-0.15, -0.1) is 0 Å². The quantitative estimate of drug-likeness (QED) is 0.205. The van der Waals surface area contributed by atoms with Gasteiger partial charge >= 0.3 is 5.63 Å². The van der Waals surface area contributed by atoms with Crippen LogP contribution in [0.1, 0.15) is 0 Å². The number of hydrogen-bond acceptors (Lipinski definition) is 2. The summed E-state index contributed by atoms with van der Waals surface area (Å²) in [7, 11) is 0. The minimum absolute atomic E-state index is 0.310. The molecule has 160 valence electrons. The van der Waals surface area contributed by atoms with Crippen molar-refractivity contribution in [2.75, 3.05) is 0 Å². The van der Waals surface area contributed by atoms with E-state index in [0.29, 0.717) is 11.0 Å². The molecule has 3 nitrogen and oxygen atoms in total. The fourth-order valence-electron chi connectivity index (χ4n) is 5.14. The number of hydrogen-bond donors (Lipinski definition) is 0. The third kappa shape index (κ3) is 2.67. The van der Waals surface area contributed by atoms with Crippen molar-refractivity contribution in [3.05, 3.63) is 126 Å². The number of para-hydroxylation sites is 1. The molecule has 0 fully saturated rings. The molecular weight excluding hydrogens is 418 g/mol. The molecule has 0 radical (unpaired) electrons. The monoisotopic (exact) mass is 437 g/mol. The number of rotatable bonds is 2. The second-order valence-electron chi connectivity index (χ2n) is 8.54. The topological polar surface area (TPSA) is 35.1 Å². The normalized spacial score (nSPS) is 11.6. The van der Waals surface area contributed by atoms with Gasteiger partial charge in [0.1, 0.15) is 5.58 Å². The molecule has 7 aromatic rings. The Morgan fingerprint density at radius 3 is 2.09 bits per heavy atom. The van der Waals surface area contributed by atoms with E-state index in [4.69, 9.17) is 4.42 Å². The van der Waals surface area contributed by atoms with Crippen molar-refractivity contribution in [3.8, 4) is 16.8 Å². The van der Waals surface area contributed by atoms with Crippen LogP contribution in [0.25, 0.3) is 60.4 Å². The van der Waals surface area contributed by atoms with Gasteiger partial charge in [-0.05, 0) is 47.5 Å². The molecule has 5 aromatic carbocycles. The van der Waals surface area contributed by atoms with Gasteiger partial charge in [-0.2, -0.15) is 0 Å². The summed E-state index contributed by atoms with van der Waals surface area (Å²) in [6, 6.07) is 39.2. The number of benzene rings is 5. The standard InChI is InChI=1S/C31H19NO2/c33-31-24-13-5-4-12-23(24)30-28(15-8-16-29(30)34-31)32-26-14-7-6-11-22(26)25-19-21(17-18-27(25)32)20-9-2-1-3-10-20/h1-19H. The van der Waals surface area contributed by atoms with Gasteiger partial charge in [0.05, 0.1) is 22.1 Å². The molecule has 0 saturated heterocycles. The van der Waals surface area contributed by atoms with E-state index in [1.165, 1.54) is 21.9 Å². The van der Waals surface area contributed by atoms with Gasteiger partial charge in [-0.1, -0.05) is 78.9 Å². The molecular formula is C31H19NO2. The molecule has 3 heteroatoms. The summed E-state index contributed by atoms with van der Waals surface area (Å²) >= 11 is 0. The summed E-state index contributed by atoms with van der Waals surface area (Å²) < 4.78 is 8.03. The molecule has 0 N–H and O–H groups in total. The number of aromatic nitrogens is 1. The van der Waals surface area contributed by atoms with Gasteiger partial charge in [0.2, 0.25) is 0 Å². The Labute approximate surface area is 195 Å². The lowest BCUT2D eigenvalue weighted by atomic mass is 10.0. The Hall–Kier alpha value is -4.63.